The molecule has 6 nitrogen and oxygen atoms in total. The smallest absolute Gasteiger partial charge is 0.255 e. The van der Waals surface area contributed by atoms with Gasteiger partial charge in [0.1, 0.15) is 0 Å². The highest BCUT2D eigenvalue weighted by atomic mass is 35.5. The van der Waals surface area contributed by atoms with Gasteiger partial charge in [0, 0.05) is 29.9 Å². The summed E-state index contributed by atoms with van der Waals surface area (Å²) in [6.45, 7) is 0.329. The minimum Gasteiger partial charge on any atom is -0.326 e. The van der Waals surface area contributed by atoms with Crippen LogP contribution in [0.5, 0.6) is 0 Å². The van der Waals surface area contributed by atoms with Crippen LogP contribution in [0.15, 0.2) is 72.8 Å². The van der Waals surface area contributed by atoms with Crippen LogP contribution in [0.3, 0.4) is 0 Å². The normalized spacial score (nSPS) is 15.5. The first-order valence-electron chi connectivity index (χ1n) is 9.94. The van der Waals surface area contributed by atoms with E-state index >= 15 is 0 Å². The molecule has 3 aromatic carbocycles. The molecule has 8 heteroatoms. The van der Waals surface area contributed by atoms with Crippen molar-refractivity contribution >= 4 is 58.0 Å². The summed E-state index contributed by atoms with van der Waals surface area (Å²) >= 11 is 12.1. The molecule has 32 heavy (non-hydrogen) atoms. The molecule has 2 N–H and O–H groups in total. The van der Waals surface area contributed by atoms with Crippen LogP contribution in [0, 0.1) is 5.92 Å². The number of nitrogens with one attached hydrogen (secondary N) is 2. The summed E-state index contributed by atoms with van der Waals surface area (Å²) in [6, 6.07) is 20.7. The topological polar surface area (TPSA) is 78.5 Å². The fourth-order valence-corrected chi connectivity index (χ4v) is 3.83. The van der Waals surface area contributed by atoms with Gasteiger partial charge in [-0.1, -0.05) is 47.5 Å². The Hall–Kier alpha value is -3.35. The molecule has 0 aromatic heterocycles. The molecular formula is C24H19Cl2N3O3. The van der Waals surface area contributed by atoms with Gasteiger partial charge in [0.2, 0.25) is 11.8 Å². The second-order valence-corrected chi connectivity index (χ2v) is 8.15. The van der Waals surface area contributed by atoms with Crippen molar-refractivity contribution in [3.8, 4) is 0 Å². The van der Waals surface area contributed by atoms with Gasteiger partial charge in [0.15, 0.2) is 0 Å². The van der Waals surface area contributed by atoms with Crippen molar-refractivity contribution in [2.75, 3.05) is 22.1 Å². The van der Waals surface area contributed by atoms with E-state index in [1.54, 1.807) is 47.4 Å². The number of benzene rings is 3. The van der Waals surface area contributed by atoms with E-state index in [0.717, 1.165) is 5.69 Å². The van der Waals surface area contributed by atoms with E-state index in [-0.39, 0.29) is 29.2 Å². The zero-order chi connectivity index (χ0) is 22.7. The summed E-state index contributed by atoms with van der Waals surface area (Å²) < 4.78 is 0. The van der Waals surface area contributed by atoms with Crippen molar-refractivity contribution in [2.24, 2.45) is 5.92 Å². The first-order valence-corrected chi connectivity index (χ1v) is 10.7. The molecule has 3 aromatic rings. The number of anilines is 3. The number of carbonyl (C=O) groups is 3. The lowest BCUT2D eigenvalue weighted by Gasteiger charge is -2.16. The molecule has 0 aliphatic carbocycles. The number of hydrogen-bond acceptors (Lipinski definition) is 3. The van der Waals surface area contributed by atoms with E-state index in [0.29, 0.717) is 28.5 Å². The van der Waals surface area contributed by atoms with E-state index in [4.69, 9.17) is 23.2 Å². The number of halogens is 2. The summed E-state index contributed by atoms with van der Waals surface area (Å²) in [5, 5.41) is 6.14. The summed E-state index contributed by atoms with van der Waals surface area (Å²) in [5.41, 5.74) is 2.13. The van der Waals surface area contributed by atoms with E-state index in [9.17, 15) is 14.4 Å². The first-order chi connectivity index (χ1) is 15.4. The van der Waals surface area contributed by atoms with Gasteiger partial charge in [-0.15, -0.1) is 0 Å². The maximum atomic E-state index is 12.7. The van der Waals surface area contributed by atoms with Gasteiger partial charge >= 0.3 is 0 Å². The third-order valence-electron chi connectivity index (χ3n) is 5.18. The SMILES string of the molecule is O=C(Nc1cccc(Cl)c1Cl)c1ccc(NC(=O)C2CC(=O)N(c3ccccc3)C2)cc1. The zero-order valence-electron chi connectivity index (χ0n) is 16.8. The van der Waals surface area contributed by atoms with Crippen molar-refractivity contribution in [2.45, 2.75) is 6.42 Å². The Balaban J connectivity index is 1.37. The molecule has 1 aliphatic rings. The first kappa shape index (κ1) is 21.9. The lowest BCUT2D eigenvalue weighted by atomic mass is 10.1. The van der Waals surface area contributed by atoms with Crippen LogP contribution < -0.4 is 15.5 Å². The number of amides is 3. The van der Waals surface area contributed by atoms with Gasteiger partial charge in [0.05, 0.1) is 21.7 Å². The fraction of sp³-hybridized carbons (Fsp3) is 0.125. The van der Waals surface area contributed by atoms with Crippen molar-refractivity contribution in [1.82, 2.24) is 0 Å². The Labute approximate surface area is 195 Å². The minimum atomic E-state index is -0.448. The molecule has 1 atom stereocenters. The molecule has 0 spiro atoms. The molecule has 3 amide bonds. The lowest BCUT2D eigenvalue weighted by molar-refractivity contribution is -0.122. The molecule has 162 valence electrons. The Morgan fingerprint density at radius 3 is 2.31 bits per heavy atom. The molecule has 0 saturated carbocycles. The quantitative estimate of drug-likeness (QED) is 0.538. The maximum absolute atomic E-state index is 12.7. The van der Waals surface area contributed by atoms with Crippen LogP contribution in [-0.2, 0) is 9.59 Å². The highest BCUT2D eigenvalue weighted by molar-refractivity contribution is 6.44. The predicted octanol–water partition coefficient (Wildman–Crippen LogP) is 5.24. The second-order valence-electron chi connectivity index (χ2n) is 7.36. The molecule has 1 fully saturated rings. The molecule has 0 radical (unpaired) electrons. The fourth-order valence-electron chi connectivity index (χ4n) is 3.48. The van der Waals surface area contributed by atoms with Gasteiger partial charge in [-0.25, -0.2) is 0 Å². The third-order valence-corrected chi connectivity index (χ3v) is 6.00. The standard InChI is InChI=1S/C24H19Cl2N3O3/c25-19-7-4-8-20(22(19)26)28-23(31)15-9-11-17(12-10-15)27-24(32)16-13-21(30)29(14-16)18-5-2-1-3-6-18/h1-12,16H,13-14H2,(H,27,32)(H,28,31). The van der Waals surface area contributed by atoms with Crippen molar-refractivity contribution in [3.63, 3.8) is 0 Å². The minimum absolute atomic E-state index is 0.0805. The van der Waals surface area contributed by atoms with Gasteiger partial charge < -0.3 is 15.5 Å². The summed E-state index contributed by atoms with van der Waals surface area (Å²) in [6.07, 6.45) is 0.154. The molecule has 1 heterocycles. The average Bonchev–Trinajstić information content (AvgIpc) is 3.20. The molecule has 1 unspecified atom stereocenters. The highest BCUT2D eigenvalue weighted by Crippen LogP contribution is 2.30. The Bertz CT molecular complexity index is 1170. The van der Waals surface area contributed by atoms with Crippen LogP contribution in [0.4, 0.5) is 17.1 Å². The van der Waals surface area contributed by atoms with E-state index in [1.807, 2.05) is 30.3 Å². The van der Waals surface area contributed by atoms with Crippen LogP contribution in [0.25, 0.3) is 0 Å². The van der Waals surface area contributed by atoms with Gasteiger partial charge in [0.25, 0.3) is 5.91 Å². The Kier molecular flexibility index (Phi) is 6.44. The van der Waals surface area contributed by atoms with E-state index in [2.05, 4.69) is 10.6 Å². The van der Waals surface area contributed by atoms with Crippen molar-refractivity contribution in [3.05, 3.63) is 88.4 Å². The average molecular weight is 468 g/mol. The van der Waals surface area contributed by atoms with Crippen LogP contribution in [0.1, 0.15) is 16.8 Å². The molecule has 1 aliphatic heterocycles. The van der Waals surface area contributed by atoms with Crippen LogP contribution >= 0.6 is 23.2 Å². The van der Waals surface area contributed by atoms with E-state index < -0.39 is 5.92 Å². The summed E-state index contributed by atoms with van der Waals surface area (Å²) in [4.78, 5) is 39.1. The second kappa shape index (κ2) is 9.42. The lowest BCUT2D eigenvalue weighted by Crippen LogP contribution is -2.28. The largest absolute Gasteiger partial charge is 0.326 e. The highest BCUT2D eigenvalue weighted by Gasteiger charge is 2.35. The number of hydrogen-bond donors (Lipinski definition) is 2. The third kappa shape index (κ3) is 4.77. The molecule has 1 saturated heterocycles. The van der Waals surface area contributed by atoms with E-state index in [1.165, 1.54) is 0 Å². The Morgan fingerprint density at radius 1 is 0.875 bits per heavy atom. The van der Waals surface area contributed by atoms with Crippen LogP contribution in [0.2, 0.25) is 10.0 Å². The van der Waals surface area contributed by atoms with Crippen molar-refractivity contribution in [1.29, 1.82) is 0 Å². The predicted molar refractivity (Wildman–Crippen MR) is 126 cm³/mol. The number of nitrogens with zero attached hydrogens (tertiary/aromatic N) is 1. The maximum Gasteiger partial charge on any atom is 0.255 e. The monoisotopic (exact) mass is 467 g/mol. The summed E-state index contributed by atoms with van der Waals surface area (Å²) in [5.74, 6) is -1.12. The number of rotatable bonds is 5. The number of para-hydroxylation sites is 1. The molecule has 4 rings (SSSR count). The van der Waals surface area contributed by atoms with Crippen molar-refractivity contribution < 1.29 is 14.4 Å². The molecule has 0 bridgehead atoms. The zero-order valence-corrected chi connectivity index (χ0v) is 18.4. The van der Waals surface area contributed by atoms with Gasteiger partial charge in [-0.2, -0.15) is 0 Å². The molecular weight excluding hydrogens is 449 g/mol. The Morgan fingerprint density at radius 2 is 1.59 bits per heavy atom. The van der Waals surface area contributed by atoms with Gasteiger partial charge in [-0.3, -0.25) is 14.4 Å². The number of carbonyl (C=O) groups excluding carboxylic acids is 3. The summed E-state index contributed by atoms with van der Waals surface area (Å²) in [7, 11) is 0. The van der Waals surface area contributed by atoms with Crippen LogP contribution in [-0.4, -0.2) is 24.3 Å². The van der Waals surface area contributed by atoms with Gasteiger partial charge in [-0.05, 0) is 48.5 Å².